The van der Waals surface area contributed by atoms with E-state index >= 15 is 0 Å². The summed E-state index contributed by atoms with van der Waals surface area (Å²) in [6, 6.07) is 52.4. The highest BCUT2D eigenvalue weighted by molar-refractivity contribution is 6.76. The van der Waals surface area contributed by atoms with Gasteiger partial charge in [0.1, 0.15) is 0 Å². The van der Waals surface area contributed by atoms with Crippen molar-refractivity contribution in [2.24, 2.45) is 0 Å². The lowest BCUT2D eigenvalue weighted by molar-refractivity contribution is 0.652. The Bertz CT molecular complexity index is 1610. The Balaban J connectivity index is 1.45. The van der Waals surface area contributed by atoms with Gasteiger partial charge < -0.3 is 18.6 Å². The topological polar surface area (TPSA) is 13.0 Å². The summed E-state index contributed by atoms with van der Waals surface area (Å²) >= 11 is 0. The summed E-state index contributed by atoms with van der Waals surface area (Å²) in [5.41, 5.74) is 7.25. The van der Waals surface area contributed by atoms with Crippen LogP contribution in [0.2, 0.25) is 0 Å². The molecular weight excluding hydrogens is 529 g/mol. The summed E-state index contributed by atoms with van der Waals surface area (Å²) < 4.78 is 7.87. The van der Waals surface area contributed by atoms with Crippen LogP contribution in [0, 0.1) is 0 Å². The first-order chi connectivity index (χ1) is 20.8. The number of nitrogens with zero attached hydrogens (tertiary/aromatic N) is 4. The molecule has 2 unspecified atom stereocenters. The zero-order chi connectivity index (χ0) is 28.3. The Hall–Kier alpha value is -5.00. The average Bonchev–Trinajstić information content (AvgIpc) is 3.41. The zero-order valence-corrected chi connectivity index (χ0v) is 24.6. The smallest absolute Gasteiger partial charge is 0.366 e. The van der Waals surface area contributed by atoms with E-state index in [2.05, 4.69) is 196 Å². The molecule has 42 heavy (non-hydrogen) atoms. The molecule has 2 aliphatic rings. The highest BCUT2D eigenvalue weighted by atomic mass is 28.3. The van der Waals surface area contributed by atoms with E-state index in [4.69, 9.17) is 0 Å². The molecule has 0 bridgehead atoms. The predicted molar refractivity (Wildman–Crippen MR) is 179 cm³/mol. The van der Waals surface area contributed by atoms with Gasteiger partial charge in [0, 0.05) is 29.8 Å². The summed E-state index contributed by atoms with van der Waals surface area (Å²) in [4.78, 5) is 2.41. The van der Waals surface area contributed by atoms with Gasteiger partial charge in [0.05, 0.1) is 23.5 Å². The van der Waals surface area contributed by atoms with Crippen LogP contribution in [0.15, 0.2) is 170 Å². The van der Waals surface area contributed by atoms with Crippen LogP contribution in [-0.4, -0.2) is 28.4 Å². The zero-order valence-electron chi connectivity index (χ0n) is 23.6. The molecule has 0 saturated heterocycles. The first-order valence-corrected chi connectivity index (χ1v) is 15.8. The summed E-state index contributed by atoms with van der Waals surface area (Å²) in [6.45, 7) is 0. The molecular formula is C37H33N4Si. The van der Waals surface area contributed by atoms with Crippen molar-refractivity contribution in [1.29, 1.82) is 0 Å². The van der Waals surface area contributed by atoms with Crippen molar-refractivity contribution in [3.8, 4) is 0 Å². The van der Waals surface area contributed by atoms with Gasteiger partial charge in [-0.25, -0.2) is 0 Å². The van der Waals surface area contributed by atoms with Crippen LogP contribution in [0.1, 0.15) is 0 Å². The Morgan fingerprint density at radius 2 is 0.881 bits per heavy atom. The lowest BCUT2D eigenvalue weighted by atomic mass is 10.0. The van der Waals surface area contributed by atoms with Crippen molar-refractivity contribution < 1.29 is 0 Å². The fourth-order valence-electron chi connectivity index (χ4n) is 6.06. The van der Waals surface area contributed by atoms with Gasteiger partial charge in [0.15, 0.2) is 0 Å². The molecule has 5 aromatic carbocycles. The predicted octanol–water partition coefficient (Wildman–Crippen LogP) is 8.47. The Kier molecular flexibility index (Phi) is 7.08. The molecule has 1 aliphatic carbocycles. The molecule has 0 aromatic heterocycles. The van der Waals surface area contributed by atoms with E-state index in [1.807, 2.05) is 0 Å². The third-order valence-corrected chi connectivity index (χ3v) is 10.8. The maximum Gasteiger partial charge on any atom is 0.446 e. The highest BCUT2D eigenvalue weighted by Gasteiger charge is 2.49. The van der Waals surface area contributed by atoms with E-state index in [1.54, 1.807) is 0 Å². The second kappa shape index (κ2) is 11.5. The fourth-order valence-corrected chi connectivity index (χ4v) is 9.15. The maximum atomic E-state index is 2.69. The molecule has 5 aromatic rings. The van der Waals surface area contributed by atoms with Gasteiger partial charge in [-0.3, -0.25) is 0 Å². The molecule has 0 spiro atoms. The van der Waals surface area contributed by atoms with Gasteiger partial charge in [0.25, 0.3) is 0 Å². The van der Waals surface area contributed by atoms with Crippen LogP contribution in [0.5, 0.6) is 0 Å². The Morgan fingerprint density at radius 1 is 0.476 bits per heavy atom. The number of allylic oxidation sites excluding steroid dienone is 2. The molecule has 0 saturated carbocycles. The van der Waals surface area contributed by atoms with Gasteiger partial charge in [-0.2, -0.15) is 0 Å². The van der Waals surface area contributed by atoms with Gasteiger partial charge in [-0.1, -0.05) is 109 Å². The lowest BCUT2D eigenvalue weighted by Gasteiger charge is -2.47. The largest absolute Gasteiger partial charge is 0.446 e. The number of para-hydroxylation sites is 6. The molecule has 0 N–H and O–H groups in total. The second-order valence-electron chi connectivity index (χ2n) is 10.5. The van der Waals surface area contributed by atoms with Crippen LogP contribution in [0.4, 0.5) is 34.1 Å². The van der Waals surface area contributed by atoms with E-state index in [0.717, 1.165) is 0 Å². The molecule has 2 atom stereocenters. The van der Waals surface area contributed by atoms with Crippen molar-refractivity contribution in [2.45, 2.75) is 12.1 Å². The van der Waals surface area contributed by atoms with Gasteiger partial charge >= 0.3 is 9.28 Å². The summed E-state index contributed by atoms with van der Waals surface area (Å²) in [5.74, 6) is 0. The minimum absolute atomic E-state index is 0.0724. The number of rotatable bonds is 7. The molecule has 1 radical (unpaired) electrons. The Morgan fingerprint density at radius 3 is 1.38 bits per heavy atom. The Labute approximate surface area is 250 Å². The quantitative estimate of drug-likeness (QED) is 0.185. The monoisotopic (exact) mass is 561 g/mol. The number of hydrogen-bond acceptors (Lipinski definition) is 4. The van der Waals surface area contributed by atoms with Gasteiger partial charge in [-0.15, -0.1) is 0 Å². The molecule has 205 valence electrons. The minimum Gasteiger partial charge on any atom is -0.366 e. The van der Waals surface area contributed by atoms with E-state index < -0.39 is 9.28 Å². The van der Waals surface area contributed by atoms with Crippen molar-refractivity contribution in [3.05, 3.63) is 170 Å². The molecule has 4 nitrogen and oxygen atoms in total. The number of anilines is 6. The molecule has 1 heterocycles. The average molecular weight is 562 g/mol. The van der Waals surface area contributed by atoms with E-state index in [1.165, 1.54) is 34.1 Å². The molecule has 1 aliphatic heterocycles. The van der Waals surface area contributed by atoms with E-state index in [-0.39, 0.29) is 12.1 Å². The fraction of sp³-hybridized carbons (Fsp3) is 0.0811. The first-order valence-electron chi connectivity index (χ1n) is 14.4. The van der Waals surface area contributed by atoms with Crippen molar-refractivity contribution >= 4 is 43.4 Å². The summed E-state index contributed by atoms with van der Waals surface area (Å²) in [6.07, 6.45) is 9.12. The highest BCUT2D eigenvalue weighted by Crippen LogP contribution is 2.48. The summed E-state index contributed by atoms with van der Waals surface area (Å²) in [7, 11) is 0.514. The molecule has 0 amide bonds. The standard InChI is InChI=1S/C37H33N4Si/c1-38(30-18-6-2-7-19-30)34-26-14-15-27-35(34)39(31-20-8-3-9-21-31)42-40(32-22-10-4-11-23-32)36-28-16-17-29-37(36)41(42)33-24-12-5-13-25-33/h2-29,34-35H,1H3. The summed E-state index contributed by atoms with van der Waals surface area (Å²) in [5, 5.41) is 0. The number of benzene rings is 5. The molecule has 7 rings (SSSR count). The van der Waals surface area contributed by atoms with Crippen molar-refractivity contribution in [3.63, 3.8) is 0 Å². The second-order valence-corrected chi connectivity index (χ2v) is 12.5. The van der Waals surface area contributed by atoms with E-state index in [9.17, 15) is 0 Å². The molecule has 0 fully saturated rings. The SMILES string of the molecule is CN(c1ccccc1)C1C=CC=CC1N(c1ccccc1)[Si]1N(c2ccccc2)c2ccccc2N1c1ccccc1. The van der Waals surface area contributed by atoms with Crippen LogP contribution in [0.25, 0.3) is 0 Å². The van der Waals surface area contributed by atoms with Crippen LogP contribution >= 0.6 is 0 Å². The normalized spacial score (nSPS) is 17.7. The van der Waals surface area contributed by atoms with Crippen LogP contribution < -0.4 is 18.6 Å². The minimum atomic E-state index is -1.70. The van der Waals surface area contributed by atoms with Crippen LogP contribution in [0.3, 0.4) is 0 Å². The first kappa shape index (κ1) is 25.9. The van der Waals surface area contributed by atoms with E-state index in [0.29, 0.717) is 0 Å². The van der Waals surface area contributed by atoms with Crippen molar-refractivity contribution in [2.75, 3.05) is 25.6 Å². The maximum absolute atomic E-state index is 2.69. The lowest BCUT2D eigenvalue weighted by Crippen LogP contribution is -2.64. The number of hydrogen-bond donors (Lipinski definition) is 0. The van der Waals surface area contributed by atoms with Gasteiger partial charge in [-0.05, 0) is 60.7 Å². The van der Waals surface area contributed by atoms with Gasteiger partial charge in [0.2, 0.25) is 0 Å². The molecule has 5 heteroatoms. The number of likely N-dealkylation sites (N-methyl/N-ethyl adjacent to an activating group) is 1. The van der Waals surface area contributed by atoms with Crippen LogP contribution in [-0.2, 0) is 0 Å². The third-order valence-electron chi connectivity index (χ3n) is 8.03. The van der Waals surface area contributed by atoms with Crippen molar-refractivity contribution in [1.82, 2.24) is 0 Å². The number of fused-ring (bicyclic) bond motifs is 1. The third kappa shape index (κ3) is 4.68.